The number of urea groups is 1. The predicted octanol–water partition coefficient (Wildman–Crippen LogP) is 3.33. The van der Waals surface area contributed by atoms with Gasteiger partial charge in [0.15, 0.2) is 6.04 Å². The number of carbonyl (C=O) groups excluding carboxylic acids is 4. The van der Waals surface area contributed by atoms with Crippen LogP contribution in [0.15, 0.2) is 0 Å². The molecule has 0 aromatic heterocycles. The van der Waals surface area contributed by atoms with Crippen LogP contribution < -0.4 is 16.4 Å². The number of esters is 2. The molecule has 50 heavy (non-hydrogen) atoms. The summed E-state index contributed by atoms with van der Waals surface area (Å²) < 4.78 is 25.6. The van der Waals surface area contributed by atoms with Crippen LogP contribution in [0.25, 0.3) is 0 Å². The minimum absolute atomic E-state index is 0.0362. The van der Waals surface area contributed by atoms with Crippen molar-refractivity contribution in [3.63, 3.8) is 0 Å². The number of aliphatic hydroxyl groups is 1. The molecule has 0 aromatic rings. The normalized spacial score (nSPS) is 12.2. The van der Waals surface area contributed by atoms with Crippen molar-refractivity contribution in [1.82, 2.24) is 10.6 Å². The van der Waals surface area contributed by atoms with Gasteiger partial charge in [0.25, 0.3) is 0 Å². The number of thioether (sulfide) groups is 1. The predicted molar refractivity (Wildman–Crippen MR) is 190 cm³/mol. The Bertz CT molecular complexity index is 900. The summed E-state index contributed by atoms with van der Waals surface area (Å²) in [6.45, 7) is 1.98. The number of carboxylic acid groups (broad SMARTS) is 1. The molecule has 292 valence electrons. The lowest BCUT2D eigenvalue weighted by atomic mass is 10.0. The van der Waals surface area contributed by atoms with Gasteiger partial charge in [-0.15, -0.1) is 0 Å². The smallest absolute Gasteiger partial charge is 0.331 e. The van der Waals surface area contributed by atoms with Crippen LogP contribution in [0.3, 0.4) is 0 Å². The van der Waals surface area contributed by atoms with Crippen LogP contribution in [0.5, 0.6) is 0 Å². The van der Waals surface area contributed by atoms with Crippen molar-refractivity contribution in [2.75, 3.05) is 71.0 Å². The topological polar surface area (TPSA) is 222 Å². The first kappa shape index (κ1) is 47.3. The molecule has 2 atom stereocenters. The number of carbonyl (C=O) groups is 5. The Kier molecular flexibility index (Phi) is 32.9. The molecule has 0 unspecified atom stereocenters. The Morgan fingerprint density at radius 1 is 0.660 bits per heavy atom. The SMILES string of the molecule is CCCCCCCCCCCCCCCC(=O)OCCSCC[C@H](NC(N)=O)C(=O)N[C@@H](CO)C(=O)OCCOCCOCCOCC(=O)O. The molecule has 0 heterocycles. The maximum atomic E-state index is 12.7. The summed E-state index contributed by atoms with van der Waals surface area (Å²) in [6.07, 6.45) is 16.7. The molecule has 0 radical (unpaired) electrons. The number of hydrogen-bond acceptors (Lipinski definition) is 12. The summed E-state index contributed by atoms with van der Waals surface area (Å²) in [5.74, 6) is -1.95. The van der Waals surface area contributed by atoms with Gasteiger partial charge < -0.3 is 50.3 Å². The van der Waals surface area contributed by atoms with E-state index in [1.54, 1.807) is 0 Å². The van der Waals surface area contributed by atoms with Crippen LogP contribution in [-0.4, -0.2) is 123 Å². The van der Waals surface area contributed by atoms with Gasteiger partial charge in [-0.05, 0) is 18.6 Å². The number of aliphatic hydroxyl groups excluding tert-OH is 1. The third-order valence-corrected chi connectivity index (χ3v) is 8.36. The van der Waals surface area contributed by atoms with E-state index in [4.69, 9.17) is 34.5 Å². The summed E-state index contributed by atoms with van der Waals surface area (Å²) in [5.41, 5.74) is 5.22. The van der Waals surface area contributed by atoms with Gasteiger partial charge in [0.1, 0.15) is 25.9 Å². The standard InChI is InChI=1S/C34H63N3O12S/c1-2-3-4-5-6-7-8-9-10-11-12-13-14-15-31(41)48-23-25-50-24-16-28(37-34(35)44)32(42)36-29(26-38)33(43)49-22-21-46-18-17-45-19-20-47-27-30(39)40/h28-29,38H,2-27H2,1H3,(H,36,42)(H,39,40)(H3,35,37,44)/t28-,29-/m0/s1. The molecule has 0 fully saturated rings. The Morgan fingerprint density at radius 2 is 1.20 bits per heavy atom. The first-order valence-corrected chi connectivity index (χ1v) is 19.2. The van der Waals surface area contributed by atoms with Gasteiger partial charge in [-0.25, -0.2) is 14.4 Å². The van der Waals surface area contributed by atoms with E-state index in [1.807, 2.05) is 0 Å². The molecule has 0 aliphatic heterocycles. The fourth-order valence-electron chi connectivity index (χ4n) is 4.67. The molecule has 6 N–H and O–H groups in total. The van der Waals surface area contributed by atoms with Crippen LogP contribution in [0.1, 0.15) is 103 Å². The highest BCUT2D eigenvalue weighted by Gasteiger charge is 2.26. The molecule has 0 aliphatic rings. The maximum absolute atomic E-state index is 12.7. The molecule has 3 amide bonds. The third kappa shape index (κ3) is 31.3. The van der Waals surface area contributed by atoms with Crippen molar-refractivity contribution in [2.24, 2.45) is 5.73 Å². The van der Waals surface area contributed by atoms with E-state index < -0.39 is 49.2 Å². The summed E-state index contributed by atoms with van der Waals surface area (Å²) in [7, 11) is 0. The minimum atomic E-state index is -1.37. The molecule has 15 nitrogen and oxygen atoms in total. The van der Waals surface area contributed by atoms with Crippen molar-refractivity contribution in [3.05, 3.63) is 0 Å². The summed E-state index contributed by atoms with van der Waals surface area (Å²) in [5, 5.41) is 22.8. The molecule has 0 saturated carbocycles. The molecule has 0 spiro atoms. The van der Waals surface area contributed by atoms with E-state index >= 15 is 0 Å². The van der Waals surface area contributed by atoms with Gasteiger partial charge in [-0.2, -0.15) is 11.8 Å². The van der Waals surface area contributed by atoms with Gasteiger partial charge in [0.2, 0.25) is 5.91 Å². The number of rotatable bonds is 36. The molecule has 0 aliphatic carbocycles. The summed E-state index contributed by atoms with van der Waals surface area (Å²) in [4.78, 5) is 58.9. The monoisotopic (exact) mass is 737 g/mol. The van der Waals surface area contributed by atoms with Crippen LogP contribution >= 0.6 is 11.8 Å². The fraction of sp³-hybridized carbons (Fsp3) is 0.853. The minimum Gasteiger partial charge on any atom is -0.480 e. The van der Waals surface area contributed by atoms with Gasteiger partial charge >= 0.3 is 23.9 Å². The number of hydrogen-bond donors (Lipinski definition) is 5. The van der Waals surface area contributed by atoms with Crippen molar-refractivity contribution in [2.45, 2.75) is 115 Å². The van der Waals surface area contributed by atoms with E-state index in [9.17, 15) is 29.1 Å². The number of nitrogens with two attached hydrogens (primary N) is 1. The molecular formula is C34H63N3O12S. The van der Waals surface area contributed by atoms with E-state index in [2.05, 4.69) is 17.6 Å². The lowest BCUT2D eigenvalue weighted by Crippen LogP contribution is -2.54. The summed E-state index contributed by atoms with van der Waals surface area (Å²) in [6, 6.07) is -3.34. The zero-order chi connectivity index (χ0) is 37.1. The van der Waals surface area contributed by atoms with Crippen molar-refractivity contribution in [1.29, 1.82) is 0 Å². The van der Waals surface area contributed by atoms with Crippen LogP contribution in [0.4, 0.5) is 4.79 Å². The summed E-state index contributed by atoms with van der Waals surface area (Å²) >= 11 is 1.43. The van der Waals surface area contributed by atoms with Gasteiger partial charge in [0, 0.05) is 12.2 Å². The molecule has 0 saturated heterocycles. The quantitative estimate of drug-likeness (QED) is 0.0461. The van der Waals surface area contributed by atoms with E-state index in [0.29, 0.717) is 17.9 Å². The van der Waals surface area contributed by atoms with Gasteiger partial charge in [-0.1, -0.05) is 84.0 Å². The Labute approximate surface area is 301 Å². The van der Waals surface area contributed by atoms with E-state index in [-0.39, 0.29) is 58.6 Å². The number of primary amides is 1. The number of ether oxygens (including phenoxy) is 5. The zero-order valence-corrected chi connectivity index (χ0v) is 30.8. The number of carboxylic acids is 1. The number of amides is 3. The highest BCUT2D eigenvalue weighted by Crippen LogP contribution is 2.13. The van der Waals surface area contributed by atoms with Gasteiger partial charge in [-0.3, -0.25) is 9.59 Å². The number of unbranched alkanes of at least 4 members (excludes halogenated alkanes) is 12. The number of nitrogens with one attached hydrogen (secondary N) is 2. The van der Waals surface area contributed by atoms with E-state index in [0.717, 1.165) is 19.3 Å². The first-order chi connectivity index (χ1) is 24.2. The Hall–Kier alpha value is -2.66. The maximum Gasteiger partial charge on any atom is 0.331 e. The van der Waals surface area contributed by atoms with Crippen molar-refractivity contribution in [3.8, 4) is 0 Å². The Balaban J connectivity index is 4.02. The van der Waals surface area contributed by atoms with Gasteiger partial charge in [0.05, 0.1) is 39.6 Å². The average Bonchev–Trinajstić information content (AvgIpc) is 3.08. The molecule has 0 aromatic carbocycles. The van der Waals surface area contributed by atoms with Crippen LogP contribution in [0.2, 0.25) is 0 Å². The highest BCUT2D eigenvalue weighted by molar-refractivity contribution is 7.99. The average molecular weight is 738 g/mol. The largest absolute Gasteiger partial charge is 0.480 e. The van der Waals surface area contributed by atoms with Crippen LogP contribution in [0, 0.1) is 0 Å². The molecule has 16 heteroatoms. The van der Waals surface area contributed by atoms with Crippen molar-refractivity contribution < 1.29 is 57.9 Å². The lowest BCUT2D eigenvalue weighted by Gasteiger charge is -2.21. The molecular weight excluding hydrogens is 674 g/mol. The second kappa shape index (κ2) is 34.8. The number of aliphatic carboxylic acids is 1. The van der Waals surface area contributed by atoms with E-state index in [1.165, 1.54) is 76.0 Å². The third-order valence-electron chi connectivity index (χ3n) is 7.38. The lowest BCUT2D eigenvalue weighted by molar-refractivity contribution is -0.150. The zero-order valence-electron chi connectivity index (χ0n) is 30.0. The first-order valence-electron chi connectivity index (χ1n) is 18.0. The Morgan fingerprint density at radius 3 is 1.74 bits per heavy atom. The second-order valence-corrected chi connectivity index (χ2v) is 13.0. The second-order valence-electron chi connectivity index (χ2n) is 11.8. The fourth-order valence-corrected chi connectivity index (χ4v) is 5.48. The van der Waals surface area contributed by atoms with Crippen LogP contribution in [-0.2, 0) is 42.9 Å². The molecule has 0 rings (SSSR count). The van der Waals surface area contributed by atoms with Crippen molar-refractivity contribution >= 4 is 41.6 Å². The molecule has 0 bridgehead atoms. The highest BCUT2D eigenvalue weighted by atomic mass is 32.2.